The molecule has 1 saturated heterocycles. The first kappa shape index (κ1) is 17.1. The van der Waals surface area contributed by atoms with Crippen molar-refractivity contribution in [1.82, 2.24) is 14.9 Å². The average Bonchev–Trinajstić information content (AvgIpc) is 2.53. The van der Waals surface area contributed by atoms with E-state index in [0.29, 0.717) is 13.2 Å². The number of aryl methyl sites for hydroxylation is 2. The number of carboxylic acid groups (broad SMARTS) is 1. The Balaban J connectivity index is 1.73. The third kappa shape index (κ3) is 4.02. The standard InChI is InChI=1S/C17H26N4O3/c1-12-18-15-6-4-3-5-14(15)17(19-12)21-7-8-24-13(10-21)9-20(2)11-16(22)23/h13H,3-11H2,1-2H3,(H,22,23). The van der Waals surface area contributed by atoms with Crippen molar-refractivity contribution in [2.24, 2.45) is 0 Å². The lowest BCUT2D eigenvalue weighted by Crippen LogP contribution is -2.48. The van der Waals surface area contributed by atoms with E-state index >= 15 is 0 Å². The van der Waals surface area contributed by atoms with Crippen LogP contribution in [0.2, 0.25) is 0 Å². The molecule has 1 aliphatic carbocycles. The van der Waals surface area contributed by atoms with Crippen LogP contribution in [0.3, 0.4) is 0 Å². The van der Waals surface area contributed by atoms with Crippen molar-refractivity contribution in [1.29, 1.82) is 0 Å². The van der Waals surface area contributed by atoms with Gasteiger partial charge in [-0.2, -0.15) is 0 Å². The summed E-state index contributed by atoms with van der Waals surface area (Å²) in [6.07, 6.45) is 4.49. The Kier molecular flexibility index (Phi) is 5.30. The maximum absolute atomic E-state index is 10.8. The SMILES string of the molecule is Cc1nc2c(c(N3CCOC(CN(C)CC(=O)O)C3)n1)CCCC2. The van der Waals surface area contributed by atoms with Crippen molar-refractivity contribution in [3.05, 3.63) is 17.1 Å². The Bertz CT molecular complexity index is 608. The molecule has 1 aromatic heterocycles. The minimum atomic E-state index is -0.814. The first-order valence-electron chi connectivity index (χ1n) is 8.66. The van der Waals surface area contributed by atoms with Gasteiger partial charge in [0.1, 0.15) is 11.6 Å². The number of rotatable bonds is 5. The lowest BCUT2D eigenvalue weighted by atomic mass is 9.96. The van der Waals surface area contributed by atoms with Gasteiger partial charge in [-0.3, -0.25) is 9.69 Å². The lowest BCUT2D eigenvalue weighted by molar-refractivity contribution is -0.138. The summed E-state index contributed by atoms with van der Waals surface area (Å²) in [6, 6.07) is 0. The van der Waals surface area contributed by atoms with Crippen LogP contribution in [-0.4, -0.2) is 71.9 Å². The van der Waals surface area contributed by atoms with E-state index in [2.05, 4.69) is 9.88 Å². The predicted octanol–water partition coefficient (Wildman–Crippen LogP) is 0.885. The molecule has 0 amide bonds. The number of fused-ring (bicyclic) bond motifs is 1. The zero-order valence-corrected chi connectivity index (χ0v) is 14.5. The van der Waals surface area contributed by atoms with Crippen LogP contribution in [0.1, 0.15) is 29.9 Å². The maximum Gasteiger partial charge on any atom is 0.317 e. The van der Waals surface area contributed by atoms with E-state index < -0.39 is 5.97 Å². The number of likely N-dealkylation sites (N-methyl/N-ethyl adjacent to an activating group) is 1. The van der Waals surface area contributed by atoms with Crippen molar-refractivity contribution in [3.8, 4) is 0 Å². The molecule has 1 aliphatic heterocycles. The maximum atomic E-state index is 10.8. The largest absolute Gasteiger partial charge is 0.480 e. The zero-order valence-electron chi connectivity index (χ0n) is 14.5. The Morgan fingerprint density at radius 2 is 2.17 bits per heavy atom. The molecule has 1 atom stereocenters. The summed E-state index contributed by atoms with van der Waals surface area (Å²) in [7, 11) is 1.81. The van der Waals surface area contributed by atoms with Crippen LogP contribution in [0, 0.1) is 6.92 Å². The molecule has 0 spiro atoms. The Labute approximate surface area is 142 Å². The quantitative estimate of drug-likeness (QED) is 0.856. The van der Waals surface area contributed by atoms with Crippen molar-refractivity contribution < 1.29 is 14.6 Å². The molecular weight excluding hydrogens is 308 g/mol. The molecule has 24 heavy (non-hydrogen) atoms. The number of aromatic nitrogens is 2. The number of aliphatic carboxylic acids is 1. The van der Waals surface area contributed by atoms with Crippen LogP contribution < -0.4 is 4.90 Å². The normalized spacial score (nSPS) is 21.0. The molecule has 2 aliphatic rings. The highest BCUT2D eigenvalue weighted by atomic mass is 16.5. The number of carbonyl (C=O) groups is 1. The molecule has 3 rings (SSSR count). The molecule has 0 aromatic carbocycles. The Morgan fingerprint density at radius 1 is 1.38 bits per heavy atom. The minimum Gasteiger partial charge on any atom is -0.480 e. The molecule has 1 fully saturated rings. The fourth-order valence-corrected chi connectivity index (χ4v) is 3.62. The van der Waals surface area contributed by atoms with Gasteiger partial charge in [-0.05, 0) is 39.7 Å². The van der Waals surface area contributed by atoms with Gasteiger partial charge in [-0.15, -0.1) is 0 Å². The third-order valence-electron chi connectivity index (χ3n) is 4.63. The van der Waals surface area contributed by atoms with Crippen LogP contribution in [0.5, 0.6) is 0 Å². The molecule has 0 bridgehead atoms. The first-order valence-corrected chi connectivity index (χ1v) is 8.66. The van der Waals surface area contributed by atoms with E-state index in [1.54, 1.807) is 4.90 Å². The van der Waals surface area contributed by atoms with E-state index in [4.69, 9.17) is 14.8 Å². The van der Waals surface area contributed by atoms with Gasteiger partial charge in [-0.1, -0.05) is 0 Å². The van der Waals surface area contributed by atoms with E-state index in [1.807, 2.05) is 14.0 Å². The zero-order chi connectivity index (χ0) is 17.1. The number of hydrogen-bond acceptors (Lipinski definition) is 6. The molecule has 132 valence electrons. The van der Waals surface area contributed by atoms with Gasteiger partial charge in [0.2, 0.25) is 0 Å². The van der Waals surface area contributed by atoms with Gasteiger partial charge in [-0.25, -0.2) is 9.97 Å². The third-order valence-corrected chi connectivity index (χ3v) is 4.63. The topological polar surface area (TPSA) is 78.8 Å². The number of carboxylic acids is 1. The Morgan fingerprint density at radius 3 is 2.96 bits per heavy atom. The van der Waals surface area contributed by atoms with Crippen molar-refractivity contribution in [2.45, 2.75) is 38.7 Å². The highest BCUT2D eigenvalue weighted by Crippen LogP contribution is 2.29. The lowest BCUT2D eigenvalue weighted by Gasteiger charge is -2.37. The summed E-state index contributed by atoms with van der Waals surface area (Å²) in [6.45, 7) is 4.80. The van der Waals surface area contributed by atoms with E-state index in [0.717, 1.165) is 37.6 Å². The van der Waals surface area contributed by atoms with Crippen LogP contribution >= 0.6 is 0 Å². The second-order valence-electron chi connectivity index (χ2n) is 6.76. The van der Waals surface area contributed by atoms with Crippen LogP contribution in [0.15, 0.2) is 0 Å². The van der Waals surface area contributed by atoms with Crippen molar-refractivity contribution >= 4 is 11.8 Å². The first-order chi connectivity index (χ1) is 11.5. The average molecular weight is 334 g/mol. The molecule has 7 heteroatoms. The second-order valence-corrected chi connectivity index (χ2v) is 6.76. The van der Waals surface area contributed by atoms with Gasteiger partial charge in [0.25, 0.3) is 0 Å². The van der Waals surface area contributed by atoms with Gasteiger partial charge in [0.15, 0.2) is 0 Å². The number of nitrogens with zero attached hydrogens (tertiary/aromatic N) is 4. The molecule has 7 nitrogen and oxygen atoms in total. The van der Waals surface area contributed by atoms with Gasteiger partial charge in [0, 0.05) is 30.9 Å². The summed E-state index contributed by atoms with van der Waals surface area (Å²) < 4.78 is 5.84. The smallest absolute Gasteiger partial charge is 0.317 e. The molecule has 1 N–H and O–H groups in total. The van der Waals surface area contributed by atoms with Gasteiger partial charge >= 0.3 is 5.97 Å². The molecule has 1 unspecified atom stereocenters. The van der Waals surface area contributed by atoms with Crippen LogP contribution in [0.4, 0.5) is 5.82 Å². The summed E-state index contributed by atoms with van der Waals surface area (Å²) in [5.74, 6) is 1.08. The predicted molar refractivity (Wildman–Crippen MR) is 90.5 cm³/mol. The number of anilines is 1. The summed E-state index contributed by atoms with van der Waals surface area (Å²) in [5.41, 5.74) is 2.50. The van der Waals surface area contributed by atoms with Crippen LogP contribution in [0.25, 0.3) is 0 Å². The van der Waals surface area contributed by atoms with Crippen LogP contribution in [-0.2, 0) is 22.4 Å². The molecule has 1 aromatic rings. The highest BCUT2D eigenvalue weighted by Gasteiger charge is 2.27. The molecule has 0 saturated carbocycles. The van der Waals surface area contributed by atoms with Gasteiger partial charge in [0.05, 0.1) is 19.3 Å². The molecule has 2 heterocycles. The van der Waals surface area contributed by atoms with Crippen molar-refractivity contribution in [3.63, 3.8) is 0 Å². The fraction of sp³-hybridized carbons (Fsp3) is 0.706. The molecular formula is C17H26N4O3. The van der Waals surface area contributed by atoms with Crippen molar-refractivity contribution in [2.75, 3.05) is 44.7 Å². The number of ether oxygens (including phenoxy) is 1. The van der Waals surface area contributed by atoms with E-state index in [-0.39, 0.29) is 12.6 Å². The highest BCUT2D eigenvalue weighted by molar-refractivity contribution is 5.69. The second kappa shape index (κ2) is 7.44. The summed E-state index contributed by atoms with van der Waals surface area (Å²) >= 11 is 0. The Hall–Kier alpha value is -1.73. The summed E-state index contributed by atoms with van der Waals surface area (Å²) in [5, 5.41) is 8.90. The van der Waals surface area contributed by atoms with E-state index in [9.17, 15) is 4.79 Å². The summed E-state index contributed by atoms with van der Waals surface area (Å²) in [4.78, 5) is 24.3. The van der Waals surface area contributed by atoms with E-state index in [1.165, 1.54) is 24.1 Å². The number of hydrogen-bond donors (Lipinski definition) is 1. The number of morpholine rings is 1. The molecule has 0 radical (unpaired) electrons. The van der Waals surface area contributed by atoms with Gasteiger partial charge < -0.3 is 14.7 Å². The fourth-order valence-electron chi connectivity index (χ4n) is 3.62. The minimum absolute atomic E-state index is 0.00221. The monoisotopic (exact) mass is 334 g/mol.